The normalized spacial score (nSPS) is 17.1. The van der Waals surface area contributed by atoms with Gasteiger partial charge >= 0.3 is 5.97 Å². The molecule has 0 radical (unpaired) electrons. The molecule has 0 fully saturated rings. The van der Waals surface area contributed by atoms with Gasteiger partial charge in [0.2, 0.25) is 0 Å². The van der Waals surface area contributed by atoms with Crippen molar-refractivity contribution in [3.8, 4) is 0 Å². The lowest BCUT2D eigenvalue weighted by Crippen LogP contribution is -2.45. The van der Waals surface area contributed by atoms with Crippen molar-refractivity contribution in [2.24, 2.45) is 11.8 Å². The van der Waals surface area contributed by atoms with E-state index < -0.39 is 17.5 Å². The molecular weight excluding hydrogens is 192 g/mol. The molecule has 0 aliphatic rings. The molecule has 0 saturated carbocycles. The van der Waals surface area contributed by atoms with Gasteiger partial charge in [-0.1, -0.05) is 39.7 Å². The van der Waals surface area contributed by atoms with E-state index in [9.17, 15) is 9.90 Å². The van der Waals surface area contributed by atoms with Crippen LogP contribution in [0, 0.1) is 11.8 Å². The van der Waals surface area contributed by atoms with Crippen molar-refractivity contribution in [1.82, 2.24) is 0 Å². The second kappa shape index (κ2) is 5.91. The van der Waals surface area contributed by atoms with E-state index in [0.717, 1.165) is 12.8 Å². The van der Waals surface area contributed by atoms with Gasteiger partial charge in [0.15, 0.2) is 0 Å². The summed E-state index contributed by atoms with van der Waals surface area (Å²) in [5.41, 5.74) is -1.30. The van der Waals surface area contributed by atoms with Crippen LogP contribution in [0.2, 0.25) is 0 Å². The third-order valence-corrected chi connectivity index (χ3v) is 2.95. The molecule has 0 amide bonds. The molecular formula is C12H22O3. The minimum atomic E-state index is -1.30. The SMILES string of the molecule is C=CC(O)(C(C)C)C(CCCC)C(=O)O. The molecule has 0 aliphatic heterocycles. The topological polar surface area (TPSA) is 57.5 Å². The van der Waals surface area contributed by atoms with Gasteiger partial charge in [0, 0.05) is 0 Å². The Balaban J connectivity index is 4.85. The van der Waals surface area contributed by atoms with E-state index in [1.54, 1.807) is 0 Å². The molecule has 0 saturated heterocycles. The van der Waals surface area contributed by atoms with Gasteiger partial charge in [-0.25, -0.2) is 0 Å². The van der Waals surface area contributed by atoms with E-state index in [1.165, 1.54) is 6.08 Å². The van der Waals surface area contributed by atoms with Crippen LogP contribution in [0.4, 0.5) is 0 Å². The van der Waals surface area contributed by atoms with Crippen LogP contribution in [0.15, 0.2) is 12.7 Å². The number of rotatable bonds is 7. The maximum atomic E-state index is 11.1. The Hall–Kier alpha value is -0.830. The number of aliphatic carboxylic acids is 1. The summed E-state index contributed by atoms with van der Waals surface area (Å²) < 4.78 is 0. The zero-order valence-electron chi connectivity index (χ0n) is 9.86. The number of carbonyl (C=O) groups is 1. The molecule has 0 heterocycles. The maximum absolute atomic E-state index is 11.1. The first-order valence-electron chi connectivity index (χ1n) is 5.48. The highest BCUT2D eigenvalue weighted by molar-refractivity contribution is 5.72. The molecule has 3 nitrogen and oxygen atoms in total. The van der Waals surface area contributed by atoms with E-state index in [2.05, 4.69) is 6.58 Å². The zero-order valence-corrected chi connectivity index (χ0v) is 9.86. The van der Waals surface area contributed by atoms with Crippen molar-refractivity contribution in [3.63, 3.8) is 0 Å². The quantitative estimate of drug-likeness (QED) is 0.640. The molecule has 88 valence electrons. The lowest BCUT2D eigenvalue weighted by Gasteiger charge is -2.34. The third-order valence-electron chi connectivity index (χ3n) is 2.95. The van der Waals surface area contributed by atoms with Crippen molar-refractivity contribution >= 4 is 5.97 Å². The van der Waals surface area contributed by atoms with E-state index in [1.807, 2.05) is 20.8 Å². The van der Waals surface area contributed by atoms with Gasteiger partial charge in [0.25, 0.3) is 0 Å². The fourth-order valence-corrected chi connectivity index (χ4v) is 1.74. The Morgan fingerprint density at radius 1 is 1.53 bits per heavy atom. The number of unbranched alkanes of at least 4 members (excludes halogenated alkanes) is 1. The first kappa shape index (κ1) is 14.2. The van der Waals surface area contributed by atoms with Crippen LogP contribution < -0.4 is 0 Å². The largest absolute Gasteiger partial charge is 0.481 e. The predicted octanol–water partition coefficient (Wildman–Crippen LogP) is 2.45. The Kier molecular flexibility index (Phi) is 5.58. The lowest BCUT2D eigenvalue weighted by atomic mass is 9.76. The number of carboxylic acid groups (broad SMARTS) is 1. The van der Waals surface area contributed by atoms with Gasteiger partial charge in [-0.15, -0.1) is 6.58 Å². The van der Waals surface area contributed by atoms with Gasteiger partial charge in [-0.2, -0.15) is 0 Å². The van der Waals surface area contributed by atoms with E-state index in [4.69, 9.17) is 5.11 Å². The minimum Gasteiger partial charge on any atom is -0.481 e. The fourth-order valence-electron chi connectivity index (χ4n) is 1.74. The van der Waals surface area contributed by atoms with Crippen LogP contribution >= 0.6 is 0 Å². The van der Waals surface area contributed by atoms with Crippen molar-refractivity contribution in [3.05, 3.63) is 12.7 Å². The standard InChI is InChI=1S/C12H22O3/c1-5-7-8-10(11(13)14)12(15,6-2)9(3)4/h6,9-10,15H,2,5,7-8H2,1,3-4H3,(H,13,14). The van der Waals surface area contributed by atoms with Gasteiger partial charge in [-0.05, 0) is 12.3 Å². The number of hydrogen-bond acceptors (Lipinski definition) is 2. The van der Waals surface area contributed by atoms with Crippen LogP contribution in [-0.2, 0) is 4.79 Å². The van der Waals surface area contributed by atoms with E-state index in [-0.39, 0.29) is 5.92 Å². The van der Waals surface area contributed by atoms with Gasteiger partial charge < -0.3 is 10.2 Å². The average Bonchev–Trinajstić information content (AvgIpc) is 2.17. The third kappa shape index (κ3) is 3.34. The summed E-state index contributed by atoms with van der Waals surface area (Å²) in [5.74, 6) is -1.84. The molecule has 2 unspecified atom stereocenters. The van der Waals surface area contributed by atoms with Crippen LogP contribution in [0.25, 0.3) is 0 Å². The van der Waals surface area contributed by atoms with Crippen LogP contribution in [0.5, 0.6) is 0 Å². The summed E-state index contributed by atoms with van der Waals surface area (Å²) >= 11 is 0. The van der Waals surface area contributed by atoms with Gasteiger partial charge in [0.1, 0.15) is 0 Å². The van der Waals surface area contributed by atoms with E-state index >= 15 is 0 Å². The molecule has 15 heavy (non-hydrogen) atoms. The summed E-state index contributed by atoms with van der Waals surface area (Å²) in [6.07, 6.45) is 3.59. The van der Waals surface area contributed by atoms with Crippen LogP contribution in [-0.4, -0.2) is 21.8 Å². The smallest absolute Gasteiger partial charge is 0.309 e. The highest BCUT2D eigenvalue weighted by Gasteiger charge is 2.40. The zero-order chi connectivity index (χ0) is 12.1. The van der Waals surface area contributed by atoms with Crippen molar-refractivity contribution in [2.75, 3.05) is 0 Å². The number of carboxylic acids is 1. The van der Waals surface area contributed by atoms with Crippen molar-refractivity contribution in [2.45, 2.75) is 45.6 Å². The second-order valence-corrected chi connectivity index (χ2v) is 4.28. The summed E-state index contributed by atoms with van der Waals surface area (Å²) in [5, 5.41) is 19.4. The Morgan fingerprint density at radius 3 is 2.33 bits per heavy atom. The first-order valence-corrected chi connectivity index (χ1v) is 5.48. The monoisotopic (exact) mass is 214 g/mol. The van der Waals surface area contributed by atoms with Gasteiger partial charge in [-0.3, -0.25) is 4.79 Å². The van der Waals surface area contributed by atoms with Crippen LogP contribution in [0.3, 0.4) is 0 Å². The summed E-state index contributed by atoms with van der Waals surface area (Å²) in [4.78, 5) is 11.1. The molecule has 3 heteroatoms. The Bertz CT molecular complexity index is 223. The van der Waals surface area contributed by atoms with Crippen molar-refractivity contribution in [1.29, 1.82) is 0 Å². The Morgan fingerprint density at radius 2 is 2.07 bits per heavy atom. The molecule has 0 aromatic carbocycles. The second-order valence-electron chi connectivity index (χ2n) is 4.28. The minimum absolute atomic E-state index is 0.145. The predicted molar refractivity (Wildman–Crippen MR) is 60.6 cm³/mol. The van der Waals surface area contributed by atoms with E-state index in [0.29, 0.717) is 6.42 Å². The van der Waals surface area contributed by atoms with Crippen LogP contribution in [0.1, 0.15) is 40.0 Å². The molecule has 0 spiro atoms. The average molecular weight is 214 g/mol. The maximum Gasteiger partial charge on any atom is 0.309 e. The molecule has 0 aliphatic carbocycles. The van der Waals surface area contributed by atoms with Gasteiger partial charge in [0.05, 0.1) is 11.5 Å². The molecule has 0 aromatic heterocycles. The molecule has 2 atom stereocenters. The number of hydrogen-bond donors (Lipinski definition) is 2. The fraction of sp³-hybridized carbons (Fsp3) is 0.750. The lowest BCUT2D eigenvalue weighted by molar-refractivity contribution is -0.152. The van der Waals surface area contributed by atoms with Crippen molar-refractivity contribution < 1.29 is 15.0 Å². The number of aliphatic hydroxyl groups is 1. The summed E-state index contributed by atoms with van der Waals surface area (Å²) in [7, 11) is 0. The summed E-state index contributed by atoms with van der Waals surface area (Å²) in [6.45, 7) is 9.17. The molecule has 0 rings (SSSR count). The molecule has 2 N–H and O–H groups in total. The first-order chi connectivity index (χ1) is 6.90. The highest BCUT2D eigenvalue weighted by Crippen LogP contribution is 2.31. The molecule has 0 aromatic rings. The summed E-state index contributed by atoms with van der Waals surface area (Å²) in [6, 6.07) is 0. The molecule has 0 bridgehead atoms. The highest BCUT2D eigenvalue weighted by atomic mass is 16.4. The Labute approximate surface area is 91.8 Å².